The molecule has 124 valence electrons. The smallest absolute Gasteiger partial charge is 0.306 e. The first-order valence-electron chi connectivity index (χ1n) is 8.73. The summed E-state index contributed by atoms with van der Waals surface area (Å²) in [5, 5.41) is 0. The summed E-state index contributed by atoms with van der Waals surface area (Å²) in [6.45, 7) is 6.13. The molecule has 2 heterocycles. The van der Waals surface area contributed by atoms with Gasteiger partial charge in [-0.3, -0.25) is 4.79 Å². The molecule has 0 unspecified atom stereocenters. The molecule has 2 aliphatic carbocycles. The van der Waals surface area contributed by atoms with Gasteiger partial charge in [0.2, 0.25) is 6.29 Å². The molecule has 7 atom stereocenters. The van der Waals surface area contributed by atoms with Crippen LogP contribution < -0.4 is 5.73 Å². The third-order valence-corrected chi connectivity index (χ3v) is 7.11. The molecule has 3 N–H and O–H groups in total. The molecule has 4 aliphatic rings. The average molecular weight is 310 g/mol. The first-order valence-corrected chi connectivity index (χ1v) is 8.73. The van der Waals surface area contributed by atoms with Crippen LogP contribution in [0.2, 0.25) is 0 Å². The van der Waals surface area contributed by atoms with Crippen molar-refractivity contribution < 1.29 is 24.7 Å². The number of quaternary nitrogens is 1. The summed E-state index contributed by atoms with van der Waals surface area (Å²) in [5.74, 6) is 0.916. The maximum absolute atomic E-state index is 11.8. The molecule has 2 saturated heterocycles. The summed E-state index contributed by atoms with van der Waals surface area (Å²) in [5.41, 5.74) is 4.13. The summed E-state index contributed by atoms with van der Waals surface area (Å²) in [7, 11) is 0. The minimum absolute atomic E-state index is 0.00239. The zero-order valence-corrected chi connectivity index (χ0v) is 13.7. The first kappa shape index (κ1) is 14.9. The molecule has 4 fully saturated rings. The Morgan fingerprint density at radius 3 is 2.82 bits per heavy atom. The normalized spacial score (nSPS) is 54.1. The van der Waals surface area contributed by atoms with Crippen molar-refractivity contribution in [2.45, 2.75) is 64.4 Å². The van der Waals surface area contributed by atoms with Crippen molar-refractivity contribution >= 4 is 5.97 Å². The van der Waals surface area contributed by atoms with E-state index in [2.05, 4.69) is 19.6 Å². The molecule has 2 saturated carbocycles. The lowest BCUT2D eigenvalue weighted by atomic mass is 9.46. The van der Waals surface area contributed by atoms with Crippen LogP contribution in [-0.4, -0.2) is 37.6 Å². The van der Waals surface area contributed by atoms with Crippen molar-refractivity contribution in [3.63, 3.8) is 0 Å². The molecular weight excluding hydrogens is 282 g/mol. The molecule has 2 aliphatic heterocycles. The Kier molecular flexibility index (Phi) is 3.34. The van der Waals surface area contributed by atoms with Gasteiger partial charge in [0.1, 0.15) is 12.6 Å². The van der Waals surface area contributed by atoms with E-state index in [1.807, 2.05) is 0 Å². The van der Waals surface area contributed by atoms with Gasteiger partial charge in [-0.25, -0.2) is 0 Å². The van der Waals surface area contributed by atoms with Gasteiger partial charge < -0.3 is 19.9 Å². The Morgan fingerprint density at radius 2 is 2.05 bits per heavy atom. The summed E-state index contributed by atoms with van der Waals surface area (Å²) in [6, 6.07) is 0. The van der Waals surface area contributed by atoms with E-state index in [0.717, 1.165) is 32.3 Å². The van der Waals surface area contributed by atoms with Gasteiger partial charge in [0.15, 0.2) is 0 Å². The predicted octanol–water partition coefficient (Wildman–Crippen LogP) is 1.12. The fourth-order valence-corrected chi connectivity index (χ4v) is 5.95. The van der Waals surface area contributed by atoms with Crippen LogP contribution in [0.4, 0.5) is 0 Å². The molecule has 0 radical (unpaired) electrons. The van der Waals surface area contributed by atoms with E-state index in [9.17, 15) is 4.79 Å². The van der Waals surface area contributed by atoms with Crippen molar-refractivity contribution in [3.8, 4) is 0 Å². The Labute approximate surface area is 131 Å². The van der Waals surface area contributed by atoms with Gasteiger partial charge in [-0.15, -0.1) is 0 Å². The SMILES string of the molecule is C[C@@]12CC[C@H]3O[C@H](C[NH3+])OC[C@]3(C)[C@@H]1CC[C@H]1OC(=O)C[C@H]12. The topological polar surface area (TPSA) is 72.4 Å². The van der Waals surface area contributed by atoms with E-state index in [1.54, 1.807) is 0 Å². The van der Waals surface area contributed by atoms with Gasteiger partial charge in [0.25, 0.3) is 0 Å². The second kappa shape index (κ2) is 4.92. The van der Waals surface area contributed by atoms with Crippen LogP contribution in [0.3, 0.4) is 0 Å². The highest BCUT2D eigenvalue weighted by atomic mass is 16.7. The molecule has 4 rings (SSSR count). The molecule has 5 nitrogen and oxygen atoms in total. The fraction of sp³-hybridized carbons (Fsp3) is 0.941. The van der Waals surface area contributed by atoms with Gasteiger partial charge in [0.05, 0.1) is 19.1 Å². The van der Waals surface area contributed by atoms with Crippen LogP contribution in [-0.2, 0) is 19.0 Å². The second-order valence-electron chi connectivity index (χ2n) is 8.17. The molecule has 0 aromatic heterocycles. The maximum atomic E-state index is 11.8. The van der Waals surface area contributed by atoms with Crippen LogP contribution >= 0.6 is 0 Å². The zero-order valence-electron chi connectivity index (χ0n) is 13.7. The monoisotopic (exact) mass is 310 g/mol. The summed E-state index contributed by atoms with van der Waals surface area (Å²) in [4.78, 5) is 11.8. The van der Waals surface area contributed by atoms with Crippen LogP contribution in [0.25, 0.3) is 0 Å². The minimum Gasteiger partial charge on any atom is -0.462 e. The Balaban J connectivity index is 1.63. The van der Waals surface area contributed by atoms with Gasteiger partial charge in [-0.2, -0.15) is 0 Å². The van der Waals surface area contributed by atoms with Gasteiger partial charge >= 0.3 is 5.97 Å². The third kappa shape index (κ3) is 1.91. The lowest BCUT2D eigenvalue weighted by Crippen LogP contribution is -2.65. The second-order valence-corrected chi connectivity index (χ2v) is 8.17. The predicted molar refractivity (Wildman–Crippen MR) is 78.5 cm³/mol. The zero-order chi connectivity index (χ0) is 15.5. The number of rotatable bonds is 1. The summed E-state index contributed by atoms with van der Waals surface area (Å²) >= 11 is 0. The largest absolute Gasteiger partial charge is 0.462 e. The minimum atomic E-state index is -0.143. The van der Waals surface area contributed by atoms with E-state index in [4.69, 9.17) is 14.2 Å². The molecule has 0 bridgehead atoms. The van der Waals surface area contributed by atoms with Crippen LogP contribution in [0.1, 0.15) is 46.0 Å². The van der Waals surface area contributed by atoms with Crippen molar-refractivity contribution in [2.75, 3.05) is 13.2 Å². The highest BCUT2D eigenvalue weighted by molar-refractivity contribution is 5.72. The number of carbonyl (C=O) groups is 1. The van der Waals surface area contributed by atoms with Crippen LogP contribution in [0.5, 0.6) is 0 Å². The number of ether oxygens (including phenoxy) is 3. The molecule has 22 heavy (non-hydrogen) atoms. The molecule has 0 amide bonds. The van der Waals surface area contributed by atoms with E-state index >= 15 is 0 Å². The van der Waals surface area contributed by atoms with Crippen molar-refractivity contribution in [1.82, 2.24) is 0 Å². The fourth-order valence-electron chi connectivity index (χ4n) is 5.95. The number of carbonyl (C=O) groups excluding carboxylic acids is 1. The Hall–Kier alpha value is -0.650. The Bertz CT molecular complexity index is 483. The number of fused-ring (bicyclic) bond motifs is 5. The standard InChI is InChI=1S/C17H27NO4/c1-16-6-5-13-17(2,9-20-15(8-18)22-13)12(16)4-3-11-10(16)7-14(19)21-11/h10-13,15H,3-9,18H2,1-2H3/p+1/t10-,11-,12-,13-,15-,16+,17-/m1/s1. The molecule has 0 spiro atoms. The van der Waals surface area contributed by atoms with Crippen LogP contribution in [0, 0.1) is 22.7 Å². The quantitative estimate of drug-likeness (QED) is 0.737. The number of hydrogen-bond acceptors (Lipinski definition) is 4. The van der Waals surface area contributed by atoms with E-state index in [-0.39, 0.29) is 35.3 Å². The maximum Gasteiger partial charge on any atom is 0.306 e. The van der Waals surface area contributed by atoms with Gasteiger partial charge in [0, 0.05) is 11.3 Å². The van der Waals surface area contributed by atoms with E-state index in [1.165, 1.54) is 0 Å². The summed E-state index contributed by atoms with van der Waals surface area (Å²) < 4.78 is 17.7. The van der Waals surface area contributed by atoms with Gasteiger partial charge in [-0.05, 0) is 37.0 Å². The van der Waals surface area contributed by atoms with Crippen molar-refractivity contribution in [1.29, 1.82) is 0 Å². The number of esters is 1. The van der Waals surface area contributed by atoms with Crippen molar-refractivity contribution in [3.05, 3.63) is 0 Å². The van der Waals surface area contributed by atoms with E-state index < -0.39 is 0 Å². The lowest BCUT2D eigenvalue weighted by molar-refractivity contribution is -0.432. The molecule has 0 aromatic rings. The molecular formula is C17H28NO4+. The van der Waals surface area contributed by atoms with Crippen molar-refractivity contribution in [2.24, 2.45) is 22.7 Å². The highest BCUT2D eigenvalue weighted by Crippen LogP contribution is 2.63. The van der Waals surface area contributed by atoms with Crippen LogP contribution in [0.15, 0.2) is 0 Å². The molecule has 5 heteroatoms. The first-order chi connectivity index (χ1) is 10.5. The lowest BCUT2D eigenvalue weighted by Gasteiger charge is -2.62. The summed E-state index contributed by atoms with van der Waals surface area (Å²) in [6.07, 6.45) is 5.15. The van der Waals surface area contributed by atoms with Gasteiger partial charge in [-0.1, -0.05) is 13.8 Å². The third-order valence-electron chi connectivity index (χ3n) is 7.11. The van der Waals surface area contributed by atoms with E-state index in [0.29, 0.717) is 24.8 Å². The average Bonchev–Trinajstić information content (AvgIpc) is 2.88. The highest BCUT2D eigenvalue weighted by Gasteiger charge is 2.63. The Morgan fingerprint density at radius 1 is 1.23 bits per heavy atom. The number of hydrogen-bond donors (Lipinski definition) is 1. The molecule has 0 aromatic carbocycles.